The van der Waals surface area contributed by atoms with E-state index in [0.717, 1.165) is 16.6 Å². The molecule has 0 aliphatic rings. The van der Waals surface area contributed by atoms with Gasteiger partial charge in [0.2, 0.25) is 0 Å². The van der Waals surface area contributed by atoms with Crippen molar-refractivity contribution in [2.45, 2.75) is 19.4 Å². The van der Waals surface area contributed by atoms with Crippen LogP contribution in [0.15, 0.2) is 46.9 Å². The van der Waals surface area contributed by atoms with Crippen LogP contribution >= 0.6 is 27.5 Å². The van der Waals surface area contributed by atoms with Gasteiger partial charge in [0, 0.05) is 15.7 Å². The van der Waals surface area contributed by atoms with Gasteiger partial charge >= 0.3 is 0 Å². The Morgan fingerprint density at radius 3 is 2.63 bits per heavy atom. The van der Waals surface area contributed by atoms with Crippen molar-refractivity contribution in [3.63, 3.8) is 0 Å². The highest BCUT2D eigenvalue weighted by molar-refractivity contribution is 9.10. The third-order valence-electron chi connectivity index (χ3n) is 2.95. The first kappa shape index (κ1) is 14.4. The molecule has 0 radical (unpaired) electrons. The van der Waals surface area contributed by atoms with Gasteiger partial charge in [0.25, 0.3) is 0 Å². The summed E-state index contributed by atoms with van der Waals surface area (Å²) in [7, 11) is 0. The molecule has 1 nitrogen and oxygen atoms in total. The van der Waals surface area contributed by atoms with Gasteiger partial charge in [0.15, 0.2) is 0 Å². The average Bonchev–Trinajstić information content (AvgIpc) is 2.41. The van der Waals surface area contributed by atoms with E-state index in [2.05, 4.69) is 21.2 Å². The van der Waals surface area contributed by atoms with E-state index in [0.29, 0.717) is 10.6 Å². The normalized spacial score (nSPS) is 12.2. The van der Waals surface area contributed by atoms with Gasteiger partial charge in [-0.3, -0.25) is 0 Å². The number of hydrogen-bond donors (Lipinski definition) is 1. The molecule has 2 aromatic rings. The lowest BCUT2D eigenvalue weighted by Crippen LogP contribution is -2.11. The van der Waals surface area contributed by atoms with Crippen LogP contribution in [0.3, 0.4) is 0 Å². The number of nitrogens with one attached hydrogen (secondary N) is 1. The van der Waals surface area contributed by atoms with Gasteiger partial charge in [0.1, 0.15) is 5.82 Å². The quantitative estimate of drug-likeness (QED) is 0.740. The molecule has 2 rings (SSSR count). The molecule has 100 valence electrons. The molecule has 2 aromatic carbocycles. The van der Waals surface area contributed by atoms with Crippen LogP contribution in [-0.4, -0.2) is 0 Å². The largest absolute Gasteiger partial charge is 0.378 e. The SMILES string of the molecule is CCC(Nc1ccc(Br)c(Cl)c1)c1ccccc1F. The van der Waals surface area contributed by atoms with E-state index in [9.17, 15) is 4.39 Å². The highest BCUT2D eigenvalue weighted by Crippen LogP contribution is 2.29. The lowest BCUT2D eigenvalue weighted by Gasteiger charge is -2.19. The fraction of sp³-hybridized carbons (Fsp3) is 0.200. The second kappa shape index (κ2) is 6.40. The van der Waals surface area contributed by atoms with E-state index in [1.807, 2.05) is 31.2 Å². The summed E-state index contributed by atoms with van der Waals surface area (Å²) < 4.78 is 14.6. The zero-order valence-corrected chi connectivity index (χ0v) is 12.8. The number of halogens is 3. The molecule has 0 aliphatic heterocycles. The van der Waals surface area contributed by atoms with Crippen LogP contribution < -0.4 is 5.32 Å². The van der Waals surface area contributed by atoms with Gasteiger partial charge in [-0.1, -0.05) is 36.7 Å². The minimum absolute atomic E-state index is 0.0709. The zero-order chi connectivity index (χ0) is 13.8. The van der Waals surface area contributed by atoms with Crippen molar-refractivity contribution in [2.24, 2.45) is 0 Å². The van der Waals surface area contributed by atoms with Gasteiger partial charge in [-0.05, 0) is 46.6 Å². The number of rotatable bonds is 4. The van der Waals surface area contributed by atoms with Crippen molar-refractivity contribution in [2.75, 3.05) is 5.32 Å². The summed E-state index contributed by atoms with van der Waals surface area (Å²) in [6.07, 6.45) is 0.786. The molecule has 1 atom stereocenters. The van der Waals surface area contributed by atoms with Gasteiger partial charge in [0.05, 0.1) is 11.1 Å². The number of benzene rings is 2. The lowest BCUT2D eigenvalue weighted by molar-refractivity contribution is 0.587. The molecule has 0 fully saturated rings. The number of anilines is 1. The van der Waals surface area contributed by atoms with Gasteiger partial charge in [-0.2, -0.15) is 0 Å². The molecule has 0 aromatic heterocycles. The Hall–Kier alpha value is -1.06. The Bertz CT molecular complexity index is 574. The molecule has 0 saturated carbocycles. The minimum atomic E-state index is -0.190. The predicted octanol–water partition coefficient (Wildman–Crippen LogP) is 5.80. The summed E-state index contributed by atoms with van der Waals surface area (Å²) in [6, 6.07) is 12.4. The summed E-state index contributed by atoms with van der Waals surface area (Å²) in [4.78, 5) is 0. The maximum absolute atomic E-state index is 13.8. The lowest BCUT2D eigenvalue weighted by atomic mass is 10.0. The summed E-state index contributed by atoms with van der Waals surface area (Å²) in [5.74, 6) is -0.190. The minimum Gasteiger partial charge on any atom is -0.378 e. The molecule has 0 amide bonds. The predicted molar refractivity (Wildman–Crippen MR) is 82.2 cm³/mol. The second-order valence-corrected chi connectivity index (χ2v) is 5.52. The van der Waals surface area contributed by atoms with E-state index in [-0.39, 0.29) is 11.9 Å². The average molecular weight is 343 g/mol. The van der Waals surface area contributed by atoms with Crippen molar-refractivity contribution in [3.05, 3.63) is 63.3 Å². The standard InChI is InChI=1S/C15H14BrClFN/c1-2-15(11-5-3-4-6-14(11)18)19-10-7-8-12(16)13(17)9-10/h3-9,15,19H,2H2,1H3. The first-order chi connectivity index (χ1) is 9.11. The first-order valence-corrected chi connectivity index (χ1v) is 7.25. The maximum Gasteiger partial charge on any atom is 0.128 e. The summed E-state index contributed by atoms with van der Waals surface area (Å²) in [5.41, 5.74) is 1.55. The molecule has 1 N–H and O–H groups in total. The molecule has 19 heavy (non-hydrogen) atoms. The molecule has 0 spiro atoms. The molecule has 1 unspecified atom stereocenters. The van der Waals surface area contributed by atoms with Gasteiger partial charge in [-0.15, -0.1) is 0 Å². The van der Waals surface area contributed by atoms with Crippen molar-refractivity contribution >= 4 is 33.2 Å². The molecule has 4 heteroatoms. The second-order valence-electron chi connectivity index (χ2n) is 4.26. The van der Waals surface area contributed by atoms with Gasteiger partial charge in [-0.25, -0.2) is 4.39 Å². The third-order valence-corrected chi connectivity index (χ3v) is 4.18. The number of hydrogen-bond acceptors (Lipinski definition) is 1. The van der Waals surface area contributed by atoms with E-state index in [1.54, 1.807) is 12.1 Å². The highest BCUT2D eigenvalue weighted by Gasteiger charge is 2.13. The molecule has 0 aliphatic carbocycles. The van der Waals surface area contributed by atoms with E-state index >= 15 is 0 Å². The fourth-order valence-corrected chi connectivity index (χ4v) is 2.37. The maximum atomic E-state index is 13.8. The highest BCUT2D eigenvalue weighted by atomic mass is 79.9. The molecule has 0 heterocycles. The Labute approximate surface area is 125 Å². The van der Waals surface area contributed by atoms with Crippen molar-refractivity contribution in [3.8, 4) is 0 Å². The van der Waals surface area contributed by atoms with E-state index in [1.165, 1.54) is 6.07 Å². The molecular weight excluding hydrogens is 329 g/mol. The smallest absolute Gasteiger partial charge is 0.128 e. The monoisotopic (exact) mass is 341 g/mol. The topological polar surface area (TPSA) is 12.0 Å². The van der Waals surface area contributed by atoms with E-state index in [4.69, 9.17) is 11.6 Å². The Morgan fingerprint density at radius 1 is 1.26 bits per heavy atom. The van der Waals surface area contributed by atoms with Crippen molar-refractivity contribution in [1.29, 1.82) is 0 Å². The van der Waals surface area contributed by atoms with Crippen LogP contribution in [0.2, 0.25) is 5.02 Å². The van der Waals surface area contributed by atoms with Crippen LogP contribution in [0.1, 0.15) is 24.9 Å². The Kier molecular flexibility index (Phi) is 4.83. The van der Waals surface area contributed by atoms with Crippen LogP contribution in [0.4, 0.5) is 10.1 Å². The van der Waals surface area contributed by atoms with Crippen LogP contribution in [0.25, 0.3) is 0 Å². The molecule has 0 saturated heterocycles. The third kappa shape index (κ3) is 3.48. The zero-order valence-electron chi connectivity index (χ0n) is 10.5. The van der Waals surface area contributed by atoms with E-state index < -0.39 is 0 Å². The van der Waals surface area contributed by atoms with Gasteiger partial charge < -0.3 is 5.32 Å². The van der Waals surface area contributed by atoms with Crippen LogP contribution in [0, 0.1) is 5.82 Å². The molecular formula is C15H14BrClFN. The Morgan fingerprint density at radius 2 is 2.00 bits per heavy atom. The summed E-state index contributed by atoms with van der Waals surface area (Å²) in [5, 5.41) is 3.94. The molecule has 0 bridgehead atoms. The Balaban J connectivity index is 2.24. The van der Waals surface area contributed by atoms with Crippen molar-refractivity contribution < 1.29 is 4.39 Å². The fourth-order valence-electron chi connectivity index (χ4n) is 1.94. The summed E-state index contributed by atoms with van der Waals surface area (Å²) >= 11 is 9.41. The van der Waals surface area contributed by atoms with Crippen LogP contribution in [0.5, 0.6) is 0 Å². The van der Waals surface area contributed by atoms with Crippen LogP contribution in [-0.2, 0) is 0 Å². The summed E-state index contributed by atoms with van der Waals surface area (Å²) in [6.45, 7) is 2.02. The first-order valence-electron chi connectivity index (χ1n) is 6.08. The van der Waals surface area contributed by atoms with Crippen molar-refractivity contribution in [1.82, 2.24) is 0 Å².